The highest BCUT2D eigenvalue weighted by atomic mass is 35.5. The molecule has 1 amide bonds. The van der Waals surface area contributed by atoms with Crippen molar-refractivity contribution in [2.45, 2.75) is 0 Å². The quantitative estimate of drug-likeness (QED) is 0.227. The number of carbonyl (C=O) groups excluding carboxylic acids is 2. The molecule has 3 rings (SSSR count). The van der Waals surface area contributed by atoms with Crippen molar-refractivity contribution in [2.75, 3.05) is 7.11 Å². The van der Waals surface area contributed by atoms with Crippen molar-refractivity contribution in [1.82, 2.24) is 5.48 Å². The molecule has 0 atom stereocenters. The van der Waals surface area contributed by atoms with Gasteiger partial charge in [0.1, 0.15) is 11.3 Å². The minimum Gasteiger partial charge on any atom is -0.468 e. The molecule has 0 aliphatic carbocycles. The van der Waals surface area contributed by atoms with E-state index in [4.69, 9.17) is 30.7 Å². The van der Waals surface area contributed by atoms with Crippen LogP contribution in [0.15, 0.2) is 53.0 Å². The van der Waals surface area contributed by atoms with Gasteiger partial charge in [-0.1, -0.05) is 11.6 Å². The van der Waals surface area contributed by atoms with Crippen LogP contribution in [0, 0.1) is 0 Å². The van der Waals surface area contributed by atoms with Gasteiger partial charge in [-0.3, -0.25) is 10.0 Å². The van der Waals surface area contributed by atoms with Gasteiger partial charge in [0, 0.05) is 34.2 Å². The Morgan fingerprint density at radius 3 is 2.59 bits per heavy atom. The number of carbonyl (C=O) groups is 2. The molecule has 0 spiro atoms. The number of halogens is 1. The zero-order valence-corrected chi connectivity index (χ0v) is 14.8. The summed E-state index contributed by atoms with van der Waals surface area (Å²) in [5, 5.41) is 9.80. The van der Waals surface area contributed by atoms with E-state index in [1.54, 1.807) is 24.3 Å². The third-order valence-corrected chi connectivity index (χ3v) is 3.89. The molecule has 0 saturated carbocycles. The van der Waals surface area contributed by atoms with Gasteiger partial charge in [-0.05, 0) is 36.4 Å². The van der Waals surface area contributed by atoms with E-state index in [2.05, 4.69) is 0 Å². The van der Waals surface area contributed by atoms with E-state index < -0.39 is 11.9 Å². The number of fused-ring (bicyclic) bond motifs is 1. The standard InChI is InChI=1S/C19H14ClNO6/c1-25-18-9-13-8-12(4-7-17(22)21-24)15(10-16(13)26-18)27-19(23)11-2-5-14(20)6-3-11/h2-10,24H,1H3,(H,21,22)/b7-4+. The molecule has 1 heterocycles. The fourth-order valence-electron chi connectivity index (χ4n) is 2.33. The van der Waals surface area contributed by atoms with Crippen LogP contribution in [-0.4, -0.2) is 24.2 Å². The Morgan fingerprint density at radius 1 is 1.19 bits per heavy atom. The molecule has 2 N–H and O–H groups in total. The summed E-state index contributed by atoms with van der Waals surface area (Å²) in [6, 6.07) is 11.1. The molecule has 2 aromatic carbocycles. The van der Waals surface area contributed by atoms with E-state index in [9.17, 15) is 9.59 Å². The fourth-order valence-corrected chi connectivity index (χ4v) is 2.45. The van der Waals surface area contributed by atoms with Gasteiger partial charge in [0.25, 0.3) is 11.9 Å². The largest absolute Gasteiger partial charge is 0.468 e. The van der Waals surface area contributed by atoms with Crippen molar-refractivity contribution in [3.05, 3.63) is 64.7 Å². The summed E-state index contributed by atoms with van der Waals surface area (Å²) in [5.41, 5.74) is 2.66. The average Bonchev–Trinajstić information content (AvgIpc) is 3.08. The maximum atomic E-state index is 12.4. The maximum absolute atomic E-state index is 12.4. The number of esters is 1. The number of methoxy groups -OCH3 is 1. The Hall–Kier alpha value is -3.29. The zero-order chi connectivity index (χ0) is 19.4. The normalized spacial score (nSPS) is 10.9. The zero-order valence-electron chi connectivity index (χ0n) is 14.1. The third kappa shape index (κ3) is 4.28. The van der Waals surface area contributed by atoms with E-state index >= 15 is 0 Å². The van der Waals surface area contributed by atoms with E-state index in [1.165, 1.54) is 36.9 Å². The number of furan rings is 1. The summed E-state index contributed by atoms with van der Waals surface area (Å²) in [6.07, 6.45) is 2.49. The van der Waals surface area contributed by atoms with Gasteiger partial charge in [-0.2, -0.15) is 0 Å². The number of amides is 1. The van der Waals surface area contributed by atoms with Crippen LogP contribution in [0.5, 0.6) is 11.7 Å². The molecule has 3 aromatic rings. The molecule has 27 heavy (non-hydrogen) atoms. The summed E-state index contributed by atoms with van der Waals surface area (Å²) in [4.78, 5) is 23.7. The van der Waals surface area contributed by atoms with E-state index in [1.807, 2.05) is 0 Å². The summed E-state index contributed by atoms with van der Waals surface area (Å²) >= 11 is 5.82. The van der Waals surface area contributed by atoms with Crippen LogP contribution in [0.4, 0.5) is 0 Å². The van der Waals surface area contributed by atoms with Gasteiger partial charge in [0.05, 0.1) is 12.7 Å². The number of ether oxygens (including phenoxy) is 2. The summed E-state index contributed by atoms with van der Waals surface area (Å²) in [6.45, 7) is 0. The van der Waals surface area contributed by atoms with Gasteiger partial charge >= 0.3 is 5.97 Å². The number of hydrogen-bond donors (Lipinski definition) is 2. The molecule has 7 nitrogen and oxygen atoms in total. The number of rotatable bonds is 5. The average molecular weight is 388 g/mol. The predicted octanol–water partition coefficient (Wildman–Crippen LogP) is 3.83. The third-order valence-electron chi connectivity index (χ3n) is 3.63. The lowest BCUT2D eigenvalue weighted by Crippen LogP contribution is -2.15. The SMILES string of the molecule is COc1cc2cc(/C=C/C(=O)NO)c(OC(=O)c3ccc(Cl)cc3)cc2o1. The lowest BCUT2D eigenvalue weighted by atomic mass is 10.1. The lowest BCUT2D eigenvalue weighted by Gasteiger charge is -2.08. The highest BCUT2D eigenvalue weighted by Gasteiger charge is 2.15. The first kappa shape index (κ1) is 18.5. The highest BCUT2D eigenvalue weighted by molar-refractivity contribution is 6.30. The second-order valence-corrected chi connectivity index (χ2v) is 5.84. The lowest BCUT2D eigenvalue weighted by molar-refractivity contribution is -0.124. The van der Waals surface area contributed by atoms with Crippen LogP contribution in [0.2, 0.25) is 5.02 Å². The molecule has 0 bridgehead atoms. The Morgan fingerprint density at radius 2 is 1.93 bits per heavy atom. The first-order valence-electron chi connectivity index (χ1n) is 7.71. The van der Waals surface area contributed by atoms with Gasteiger partial charge < -0.3 is 13.9 Å². The van der Waals surface area contributed by atoms with Crippen LogP contribution in [-0.2, 0) is 4.79 Å². The predicted molar refractivity (Wildman–Crippen MR) is 98.1 cm³/mol. The topological polar surface area (TPSA) is 98.0 Å². The molecular formula is C19H14ClNO6. The highest BCUT2D eigenvalue weighted by Crippen LogP contribution is 2.32. The number of nitrogens with one attached hydrogen (secondary N) is 1. The summed E-state index contributed by atoms with van der Waals surface area (Å²) in [7, 11) is 1.46. The second-order valence-electron chi connectivity index (χ2n) is 5.40. The van der Waals surface area contributed by atoms with Crippen LogP contribution in [0.25, 0.3) is 17.0 Å². The molecule has 138 valence electrons. The van der Waals surface area contributed by atoms with Crippen LogP contribution in [0.1, 0.15) is 15.9 Å². The Balaban J connectivity index is 1.99. The number of hydrogen-bond acceptors (Lipinski definition) is 6. The van der Waals surface area contributed by atoms with Gasteiger partial charge in [-0.25, -0.2) is 10.3 Å². The Bertz CT molecular complexity index is 1020. The molecule has 0 saturated heterocycles. The summed E-state index contributed by atoms with van der Waals surface area (Å²) in [5.74, 6) is -0.878. The molecule has 0 radical (unpaired) electrons. The monoisotopic (exact) mass is 387 g/mol. The van der Waals surface area contributed by atoms with Crippen LogP contribution in [0.3, 0.4) is 0 Å². The molecule has 0 aliphatic heterocycles. The first-order chi connectivity index (χ1) is 13.0. The Labute approximate surface area is 158 Å². The van der Waals surface area contributed by atoms with Crippen molar-refractivity contribution in [3.8, 4) is 11.7 Å². The fraction of sp³-hybridized carbons (Fsp3) is 0.0526. The van der Waals surface area contributed by atoms with E-state index in [-0.39, 0.29) is 11.7 Å². The first-order valence-corrected chi connectivity index (χ1v) is 8.09. The van der Waals surface area contributed by atoms with Gasteiger partial charge in [0.2, 0.25) is 0 Å². The number of benzene rings is 2. The number of hydroxylamine groups is 1. The minimum atomic E-state index is -0.727. The molecule has 0 aliphatic rings. The molecule has 8 heteroatoms. The van der Waals surface area contributed by atoms with E-state index in [0.717, 1.165) is 6.08 Å². The maximum Gasteiger partial charge on any atom is 0.343 e. The van der Waals surface area contributed by atoms with Gasteiger partial charge in [-0.15, -0.1) is 0 Å². The Kier molecular flexibility index (Phi) is 5.44. The van der Waals surface area contributed by atoms with Crippen molar-refractivity contribution < 1.29 is 28.7 Å². The van der Waals surface area contributed by atoms with Crippen molar-refractivity contribution in [2.24, 2.45) is 0 Å². The van der Waals surface area contributed by atoms with Crippen molar-refractivity contribution in [3.63, 3.8) is 0 Å². The molecule has 1 aromatic heterocycles. The molecular weight excluding hydrogens is 374 g/mol. The molecule has 0 unspecified atom stereocenters. The minimum absolute atomic E-state index is 0.168. The van der Waals surface area contributed by atoms with Crippen molar-refractivity contribution >= 4 is 40.5 Å². The second kappa shape index (κ2) is 7.94. The van der Waals surface area contributed by atoms with E-state index in [0.29, 0.717) is 27.1 Å². The van der Waals surface area contributed by atoms with Gasteiger partial charge in [0.15, 0.2) is 0 Å². The van der Waals surface area contributed by atoms with Crippen LogP contribution >= 0.6 is 11.6 Å². The van der Waals surface area contributed by atoms with Crippen molar-refractivity contribution in [1.29, 1.82) is 0 Å². The summed E-state index contributed by atoms with van der Waals surface area (Å²) < 4.78 is 16.0. The molecule has 0 fully saturated rings. The van der Waals surface area contributed by atoms with Crippen LogP contribution < -0.4 is 15.0 Å². The smallest absolute Gasteiger partial charge is 0.343 e.